The molecular weight excluding hydrogens is 162 g/mol. The number of aliphatic carboxylic acids is 2. The van der Waals surface area contributed by atoms with E-state index in [0.717, 1.165) is 0 Å². The monoisotopic (exact) mass is 175 g/mol. The summed E-state index contributed by atoms with van der Waals surface area (Å²) in [5.41, 5.74) is 5.26. The predicted molar refractivity (Wildman–Crippen MR) is 41.6 cm³/mol. The average Bonchev–Trinajstić information content (AvgIpc) is 1.98. The van der Waals surface area contributed by atoms with Crippen molar-refractivity contribution in [3.63, 3.8) is 0 Å². The molecular formula is C7H13NO4. The van der Waals surface area contributed by atoms with Crippen molar-refractivity contribution in [3.8, 4) is 0 Å². The Morgan fingerprint density at radius 2 is 1.92 bits per heavy atom. The first-order valence-corrected chi connectivity index (χ1v) is 3.69. The van der Waals surface area contributed by atoms with Crippen LogP contribution < -0.4 is 5.73 Å². The van der Waals surface area contributed by atoms with Crippen molar-refractivity contribution in [2.75, 3.05) is 0 Å². The summed E-state index contributed by atoms with van der Waals surface area (Å²) >= 11 is 0. The first-order valence-electron chi connectivity index (χ1n) is 3.69. The number of nitrogens with two attached hydrogens (primary N) is 1. The third-order valence-electron chi connectivity index (χ3n) is 1.75. The Kier molecular flexibility index (Phi) is 4.28. The van der Waals surface area contributed by atoms with E-state index in [9.17, 15) is 9.59 Å². The number of hydrogen-bond acceptors (Lipinski definition) is 3. The van der Waals surface area contributed by atoms with Gasteiger partial charge in [0, 0.05) is 0 Å². The van der Waals surface area contributed by atoms with E-state index >= 15 is 0 Å². The lowest BCUT2D eigenvalue weighted by molar-refractivity contribution is -0.142. The van der Waals surface area contributed by atoms with Crippen molar-refractivity contribution < 1.29 is 19.8 Å². The van der Waals surface area contributed by atoms with E-state index in [1.807, 2.05) is 0 Å². The first kappa shape index (κ1) is 10.9. The Labute approximate surface area is 70.2 Å². The maximum Gasteiger partial charge on any atom is 0.320 e. The van der Waals surface area contributed by atoms with E-state index in [4.69, 9.17) is 15.9 Å². The molecule has 2 atom stereocenters. The Morgan fingerprint density at radius 3 is 2.17 bits per heavy atom. The van der Waals surface area contributed by atoms with Crippen LogP contribution in [0, 0.1) is 5.92 Å². The molecule has 12 heavy (non-hydrogen) atoms. The summed E-state index contributed by atoms with van der Waals surface area (Å²) in [5.74, 6) is -2.65. The minimum absolute atomic E-state index is 0.191. The molecule has 0 spiro atoms. The molecule has 0 saturated carbocycles. The van der Waals surface area contributed by atoms with Crippen LogP contribution in [-0.2, 0) is 9.59 Å². The van der Waals surface area contributed by atoms with Gasteiger partial charge in [-0.05, 0) is 5.92 Å². The van der Waals surface area contributed by atoms with Gasteiger partial charge in [0.1, 0.15) is 6.04 Å². The van der Waals surface area contributed by atoms with Crippen LogP contribution in [0.25, 0.3) is 0 Å². The van der Waals surface area contributed by atoms with Gasteiger partial charge in [0.2, 0.25) is 0 Å². The van der Waals surface area contributed by atoms with E-state index in [1.165, 1.54) is 0 Å². The maximum absolute atomic E-state index is 10.4. The van der Waals surface area contributed by atoms with E-state index < -0.39 is 23.9 Å². The summed E-state index contributed by atoms with van der Waals surface area (Å²) in [7, 11) is 0. The molecule has 1 unspecified atom stereocenters. The highest BCUT2D eigenvalue weighted by molar-refractivity contribution is 5.75. The van der Waals surface area contributed by atoms with Crippen molar-refractivity contribution in [1.82, 2.24) is 0 Å². The molecule has 0 aromatic heterocycles. The van der Waals surface area contributed by atoms with E-state index in [2.05, 4.69) is 0 Å². The predicted octanol–water partition coefficient (Wildman–Crippen LogP) is -0.101. The van der Waals surface area contributed by atoms with E-state index in [-0.39, 0.29) is 6.42 Å². The summed E-state index contributed by atoms with van der Waals surface area (Å²) in [5, 5.41) is 16.9. The van der Waals surface area contributed by atoms with Gasteiger partial charge >= 0.3 is 11.9 Å². The fraction of sp³-hybridized carbons (Fsp3) is 0.714. The van der Waals surface area contributed by atoms with E-state index in [0.29, 0.717) is 6.42 Å². The van der Waals surface area contributed by atoms with Crippen molar-refractivity contribution in [2.24, 2.45) is 11.7 Å². The number of carboxylic acids is 2. The van der Waals surface area contributed by atoms with Crippen LogP contribution in [0.4, 0.5) is 0 Å². The van der Waals surface area contributed by atoms with Crippen molar-refractivity contribution in [1.29, 1.82) is 0 Å². The smallest absolute Gasteiger partial charge is 0.320 e. The molecule has 0 aliphatic heterocycles. The van der Waals surface area contributed by atoms with Crippen molar-refractivity contribution >= 4 is 11.9 Å². The molecule has 5 nitrogen and oxygen atoms in total. The second-order valence-electron chi connectivity index (χ2n) is 2.63. The molecule has 4 N–H and O–H groups in total. The van der Waals surface area contributed by atoms with Gasteiger partial charge in [-0.2, -0.15) is 0 Å². The maximum atomic E-state index is 10.4. The standard InChI is InChI=1S/C7H13NO4/c1-2-4(3-5(9)10)6(8)7(11)12/h4,6H,2-3,8H2,1H3,(H,9,10)(H,11,12)/t4?,6-/m1/s1. The topological polar surface area (TPSA) is 101 Å². The van der Waals surface area contributed by atoms with Crippen molar-refractivity contribution in [3.05, 3.63) is 0 Å². The zero-order valence-electron chi connectivity index (χ0n) is 6.86. The summed E-state index contributed by atoms with van der Waals surface area (Å²) < 4.78 is 0. The van der Waals surface area contributed by atoms with E-state index in [1.54, 1.807) is 6.92 Å². The molecule has 0 rings (SSSR count). The second kappa shape index (κ2) is 4.71. The van der Waals surface area contributed by atoms with Gasteiger partial charge in [-0.3, -0.25) is 9.59 Å². The van der Waals surface area contributed by atoms with Gasteiger partial charge in [0.15, 0.2) is 0 Å². The first-order chi connectivity index (χ1) is 5.49. The highest BCUT2D eigenvalue weighted by Gasteiger charge is 2.24. The summed E-state index contributed by atoms with van der Waals surface area (Å²) in [6.45, 7) is 1.72. The Balaban J connectivity index is 4.14. The van der Waals surface area contributed by atoms with Gasteiger partial charge in [-0.1, -0.05) is 13.3 Å². The van der Waals surface area contributed by atoms with Crippen LogP contribution in [0.1, 0.15) is 19.8 Å². The SMILES string of the molecule is CCC(CC(=O)O)[C@@H](N)C(=O)O. The molecule has 0 radical (unpaired) electrons. The molecule has 0 aromatic rings. The molecule has 70 valence electrons. The molecule has 0 amide bonds. The normalized spacial score (nSPS) is 15.2. The lowest BCUT2D eigenvalue weighted by Crippen LogP contribution is -2.38. The van der Waals surface area contributed by atoms with Crippen LogP contribution >= 0.6 is 0 Å². The fourth-order valence-electron chi connectivity index (χ4n) is 0.951. The number of carboxylic acid groups (broad SMARTS) is 2. The third kappa shape index (κ3) is 3.34. The van der Waals surface area contributed by atoms with Gasteiger partial charge in [0.25, 0.3) is 0 Å². The van der Waals surface area contributed by atoms with Crippen molar-refractivity contribution in [2.45, 2.75) is 25.8 Å². The Bertz CT molecular complexity index is 180. The molecule has 0 fully saturated rings. The second-order valence-corrected chi connectivity index (χ2v) is 2.63. The van der Waals surface area contributed by atoms with Crippen LogP contribution in [0.5, 0.6) is 0 Å². The van der Waals surface area contributed by atoms with Gasteiger partial charge in [-0.15, -0.1) is 0 Å². The highest BCUT2D eigenvalue weighted by atomic mass is 16.4. The highest BCUT2D eigenvalue weighted by Crippen LogP contribution is 2.11. The number of rotatable bonds is 5. The quantitative estimate of drug-likeness (QED) is 0.541. The molecule has 5 heteroatoms. The zero-order valence-corrected chi connectivity index (χ0v) is 6.86. The summed E-state index contributed by atoms with van der Waals surface area (Å²) in [4.78, 5) is 20.6. The number of hydrogen-bond donors (Lipinski definition) is 3. The van der Waals surface area contributed by atoms with Gasteiger partial charge in [-0.25, -0.2) is 0 Å². The summed E-state index contributed by atoms with van der Waals surface area (Å²) in [6, 6.07) is -1.08. The molecule has 0 aliphatic rings. The largest absolute Gasteiger partial charge is 0.481 e. The fourth-order valence-corrected chi connectivity index (χ4v) is 0.951. The summed E-state index contributed by atoms with van der Waals surface area (Å²) in [6.07, 6.45) is 0.268. The molecule has 0 aliphatic carbocycles. The lowest BCUT2D eigenvalue weighted by atomic mass is 9.94. The minimum atomic E-state index is -1.15. The molecule has 0 saturated heterocycles. The van der Waals surface area contributed by atoms with Gasteiger partial charge in [0.05, 0.1) is 6.42 Å². The van der Waals surface area contributed by atoms with Crippen LogP contribution in [0.3, 0.4) is 0 Å². The van der Waals surface area contributed by atoms with Crippen LogP contribution in [-0.4, -0.2) is 28.2 Å². The molecule has 0 aromatic carbocycles. The molecule has 0 heterocycles. The van der Waals surface area contributed by atoms with Crippen LogP contribution in [0.2, 0.25) is 0 Å². The lowest BCUT2D eigenvalue weighted by Gasteiger charge is -2.16. The average molecular weight is 175 g/mol. The Morgan fingerprint density at radius 1 is 1.42 bits per heavy atom. The zero-order chi connectivity index (χ0) is 9.72. The minimum Gasteiger partial charge on any atom is -0.481 e. The number of carbonyl (C=O) groups is 2. The van der Waals surface area contributed by atoms with Crippen LogP contribution in [0.15, 0.2) is 0 Å². The van der Waals surface area contributed by atoms with Gasteiger partial charge < -0.3 is 15.9 Å². The Hall–Kier alpha value is -1.10. The third-order valence-corrected chi connectivity index (χ3v) is 1.75. The molecule has 0 bridgehead atoms.